The fourth-order valence-corrected chi connectivity index (χ4v) is 2.27. The molecule has 12 heavy (non-hydrogen) atoms. The summed E-state index contributed by atoms with van der Waals surface area (Å²) in [6, 6.07) is 4.76. The van der Waals surface area contributed by atoms with Gasteiger partial charge in [0.2, 0.25) is 8.87 Å². The van der Waals surface area contributed by atoms with Crippen molar-refractivity contribution in [1.29, 1.82) is 0 Å². The first kappa shape index (κ1) is 9.54. The topological polar surface area (TPSA) is 34.1 Å². The van der Waals surface area contributed by atoms with E-state index in [4.69, 9.17) is 0 Å². The molecule has 0 heterocycles. The van der Waals surface area contributed by atoms with E-state index in [9.17, 15) is 12.8 Å². The lowest BCUT2D eigenvalue weighted by Crippen LogP contribution is -1.93. The zero-order valence-corrected chi connectivity index (χ0v) is 7.95. The molecular weight excluding hydrogens is 199 g/mol. The van der Waals surface area contributed by atoms with Gasteiger partial charge in [0, 0.05) is 0 Å². The molecule has 0 unspecified atom stereocenters. The van der Waals surface area contributed by atoms with E-state index in [0.717, 1.165) is 22.9 Å². The zero-order chi connectivity index (χ0) is 9.19. The van der Waals surface area contributed by atoms with E-state index < -0.39 is 14.7 Å². The molecule has 0 atom stereocenters. The fourth-order valence-electron chi connectivity index (χ4n) is 0.697. The highest BCUT2D eigenvalue weighted by Gasteiger charge is 2.11. The predicted molar refractivity (Wildman–Crippen MR) is 47.1 cm³/mol. The molecule has 0 fully saturated rings. The smallest absolute Gasteiger partial charge is 0.212 e. The lowest BCUT2D eigenvalue weighted by atomic mass is 10.4. The molecule has 0 amide bonds. The predicted octanol–water partition coefficient (Wildman–Crippen LogP) is 1.88. The van der Waals surface area contributed by atoms with Gasteiger partial charge in [-0.1, -0.05) is 0 Å². The first-order valence-corrected chi connectivity index (χ1v) is 6.35. The van der Waals surface area contributed by atoms with Crippen molar-refractivity contribution in [3.05, 3.63) is 30.1 Å². The van der Waals surface area contributed by atoms with Gasteiger partial charge < -0.3 is 0 Å². The maximum atomic E-state index is 12.4. The normalized spacial score (nSPS) is 11.5. The average Bonchev–Trinajstić information content (AvgIpc) is 2.05. The summed E-state index contributed by atoms with van der Waals surface area (Å²) >= 11 is 0. The van der Waals surface area contributed by atoms with Crippen LogP contribution in [0.2, 0.25) is 0 Å². The van der Waals surface area contributed by atoms with E-state index in [1.807, 2.05) is 0 Å². The van der Waals surface area contributed by atoms with E-state index in [2.05, 4.69) is 0 Å². The van der Waals surface area contributed by atoms with Crippen LogP contribution < -0.4 is 0 Å². The molecule has 2 nitrogen and oxygen atoms in total. The minimum atomic E-state index is -3.26. The van der Waals surface area contributed by atoms with Crippen LogP contribution in [-0.4, -0.2) is 14.7 Å². The molecular formula is C7H7FO2S2. The summed E-state index contributed by atoms with van der Waals surface area (Å²) < 4.78 is 34.7. The van der Waals surface area contributed by atoms with Crippen molar-refractivity contribution in [3.8, 4) is 0 Å². The molecule has 1 aromatic carbocycles. The Bertz CT molecular complexity index is 355. The first-order valence-electron chi connectivity index (χ1n) is 3.12. The Morgan fingerprint density at radius 2 is 1.75 bits per heavy atom. The van der Waals surface area contributed by atoms with E-state index in [1.165, 1.54) is 18.4 Å². The Morgan fingerprint density at radius 1 is 1.25 bits per heavy atom. The van der Waals surface area contributed by atoms with Crippen molar-refractivity contribution in [2.24, 2.45) is 0 Å². The minimum absolute atomic E-state index is 0.136. The van der Waals surface area contributed by atoms with Crippen LogP contribution in [0.15, 0.2) is 29.2 Å². The van der Waals surface area contributed by atoms with E-state index in [0.29, 0.717) is 0 Å². The van der Waals surface area contributed by atoms with Gasteiger partial charge in [0.05, 0.1) is 4.90 Å². The lowest BCUT2D eigenvalue weighted by Gasteiger charge is -1.98. The van der Waals surface area contributed by atoms with Crippen LogP contribution in [-0.2, 0) is 8.87 Å². The Balaban J connectivity index is 3.14. The third kappa shape index (κ3) is 1.98. The van der Waals surface area contributed by atoms with Gasteiger partial charge in [-0.3, -0.25) is 0 Å². The highest BCUT2D eigenvalue weighted by molar-refractivity contribution is 8.71. The molecule has 0 spiro atoms. The van der Waals surface area contributed by atoms with E-state index in [1.54, 1.807) is 0 Å². The van der Waals surface area contributed by atoms with Crippen molar-refractivity contribution >= 4 is 19.7 Å². The second-order valence-electron chi connectivity index (χ2n) is 2.07. The van der Waals surface area contributed by atoms with Gasteiger partial charge in [-0.25, -0.2) is 12.8 Å². The monoisotopic (exact) mass is 206 g/mol. The van der Waals surface area contributed by atoms with Gasteiger partial charge >= 0.3 is 0 Å². The standard InChI is InChI=1S/C7H7FO2S2/c1-11-12(9,10)7-4-2-6(8)3-5-7/h2-5H,1H3. The van der Waals surface area contributed by atoms with Gasteiger partial charge in [0.25, 0.3) is 0 Å². The molecule has 0 N–H and O–H groups in total. The van der Waals surface area contributed by atoms with Crippen molar-refractivity contribution in [3.63, 3.8) is 0 Å². The maximum Gasteiger partial charge on any atom is 0.229 e. The Kier molecular flexibility index (Phi) is 2.74. The average molecular weight is 206 g/mol. The molecule has 0 saturated heterocycles. The molecule has 0 saturated carbocycles. The van der Waals surface area contributed by atoms with Crippen LogP contribution in [0.3, 0.4) is 0 Å². The first-order chi connectivity index (χ1) is 5.56. The SMILES string of the molecule is CSS(=O)(=O)c1ccc(F)cc1. The number of hydrogen-bond donors (Lipinski definition) is 0. The van der Waals surface area contributed by atoms with Crippen LogP contribution in [0.4, 0.5) is 4.39 Å². The van der Waals surface area contributed by atoms with Crippen molar-refractivity contribution < 1.29 is 12.8 Å². The molecule has 66 valence electrons. The molecule has 0 aromatic heterocycles. The third-order valence-corrected chi connectivity index (χ3v) is 4.50. The number of hydrogen-bond acceptors (Lipinski definition) is 3. The summed E-state index contributed by atoms with van der Waals surface area (Å²) in [6.45, 7) is 0. The van der Waals surface area contributed by atoms with Crippen LogP contribution in [0.25, 0.3) is 0 Å². The summed E-state index contributed by atoms with van der Waals surface area (Å²) in [4.78, 5) is 0.136. The molecule has 5 heteroatoms. The Morgan fingerprint density at radius 3 is 2.17 bits per heavy atom. The quantitative estimate of drug-likeness (QED) is 0.693. The molecule has 0 radical (unpaired) electrons. The molecule has 0 aliphatic carbocycles. The van der Waals surface area contributed by atoms with Gasteiger partial charge in [-0.2, -0.15) is 0 Å². The van der Waals surface area contributed by atoms with E-state index >= 15 is 0 Å². The van der Waals surface area contributed by atoms with Crippen LogP contribution in [0, 0.1) is 5.82 Å². The van der Waals surface area contributed by atoms with Crippen LogP contribution in [0.1, 0.15) is 0 Å². The van der Waals surface area contributed by atoms with Crippen molar-refractivity contribution in [2.45, 2.75) is 4.90 Å². The second-order valence-corrected chi connectivity index (χ2v) is 6.10. The molecule has 1 aromatic rings. The second kappa shape index (κ2) is 3.45. The van der Waals surface area contributed by atoms with Gasteiger partial charge in [0.1, 0.15) is 5.82 Å². The maximum absolute atomic E-state index is 12.4. The summed E-state index contributed by atoms with van der Waals surface area (Å²) in [5, 5.41) is 0. The highest BCUT2D eigenvalue weighted by atomic mass is 33.1. The van der Waals surface area contributed by atoms with Crippen molar-refractivity contribution in [1.82, 2.24) is 0 Å². The summed E-state index contributed by atoms with van der Waals surface area (Å²) in [5.74, 6) is -0.435. The van der Waals surface area contributed by atoms with Gasteiger partial charge in [0.15, 0.2) is 0 Å². The summed E-state index contributed by atoms with van der Waals surface area (Å²) in [5.41, 5.74) is 0. The molecule has 0 aliphatic rings. The molecule has 0 bridgehead atoms. The Labute approximate surface area is 74.1 Å². The number of benzene rings is 1. The lowest BCUT2D eigenvalue weighted by molar-refractivity contribution is 0.608. The third-order valence-electron chi connectivity index (χ3n) is 1.32. The van der Waals surface area contributed by atoms with Crippen LogP contribution in [0.5, 0.6) is 0 Å². The number of halogens is 1. The van der Waals surface area contributed by atoms with Gasteiger partial charge in [-0.15, -0.1) is 0 Å². The minimum Gasteiger partial charge on any atom is -0.212 e. The fraction of sp³-hybridized carbons (Fsp3) is 0.143. The largest absolute Gasteiger partial charge is 0.229 e. The molecule has 1 rings (SSSR count). The van der Waals surface area contributed by atoms with Crippen molar-refractivity contribution in [2.75, 3.05) is 6.26 Å². The van der Waals surface area contributed by atoms with Crippen LogP contribution >= 0.6 is 10.8 Å². The zero-order valence-electron chi connectivity index (χ0n) is 6.32. The highest BCUT2D eigenvalue weighted by Crippen LogP contribution is 2.20. The summed E-state index contributed by atoms with van der Waals surface area (Å²) in [6.07, 6.45) is 1.47. The van der Waals surface area contributed by atoms with Gasteiger partial charge in [-0.05, 0) is 41.3 Å². The van der Waals surface area contributed by atoms with E-state index in [-0.39, 0.29) is 4.90 Å². The molecule has 0 aliphatic heterocycles. The summed E-state index contributed by atoms with van der Waals surface area (Å²) in [7, 11) is -2.53. The Hall–Kier alpha value is -0.550. The number of rotatable bonds is 2.